The Morgan fingerprint density at radius 2 is 1.70 bits per heavy atom. The largest absolute Gasteiger partial charge is 0.488 e. The summed E-state index contributed by atoms with van der Waals surface area (Å²) in [6, 6.07) is 14.6. The van der Waals surface area contributed by atoms with Crippen LogP contribution >= 0.6 is 0 Å². The Labute approximate surface area is 180 Å². The predicted octanol–water partition coefficient (Wildman–Crippen LogP) is 3.03. The van der Waals surface area contributed by atoms with Crippen molar-refractivity contribution in [3.63, 3.8) is 0 Å². The van der Waals surface area contributed by atoms with Gasteiger partial charge in [0.25, 0.3) is 0 Å². The van der Waals surface area contributed by atoms with E-state index < -0.39 is 10.0 Å². The van der Waals surface area contributed by atoms with Crippen molar-refractivity contribution in [2.45, 2.75) is 51.3 Å². The number of para-hydroxylation sites is 1. The van der Waals surface area contributed by atoms with Gasteiger partial charge >= 0.3 is 0 Å². The molecule has 8 heteroatoms. The number of sulfonamides is 1. The van der Waals surface area contributed by atoms with Gasteiger partial charge in [-0.15, -0.1) is 0 Å². The highest BCUT2D eigenvalue weighted by Crippen LogP contribution is 2.22. The highest BCUT2D eigenvalue weighted by Gasteiger charge is 2.14. The van der Waals surface area contributed by atoms with Crippen molar-refractivity contribution in [2.75, 3.05) is 13.6 Å². The van der Waals surface area contributed by atoms with Gasteiger partial charge in [-0.2, -0.15) is 0 Å². The van der Waals surface area contributed by atoms with Crippen molar-refractivity contribution in [1.82, 2.24) is 15.4 Å². The van der Waals surface area contributed by atoms with Gasteiger partial charge in [0.05, 0.1) is 11.4 Å². The Kier molecular flexibility index (Phi) is 8.25. The van der Waals surface area contributed by atoms with Crippen LogP contribution in [-0.4, -0.2) is 33.6 Å². The maximum atomic E-state index is 11.8. The van der Waals surface area contributed by atoms with Crippen LogP contribution in [0.4, 0.5) is 0 Å². The molecule has 3 N–H and O–H groups in total. The summed E-state index contributed by atoms with van der Waals surface area (Å²) < 4.78 is 32.0. The topological polar surface area (TPSA) is 91.8 Å². The SMILES string of the molecule is CCNC(=NCc1ccc(S(=O)(=O)NC)cc1)NCc1ccccc1OC(C)(C)C. The number of benzene rings is 2. The van der Waals surface area contributed by atoms with Gasteiger partial charge < -0.3 is 15.4 Å². The minimum absolute atomic E-state index is 0.234. The number of rotatable bonds is 8. The molecule has 0 spiro atoms. The zero-order valence-electron chi connectivity index (χ0n) is 18.3. The Hall–Kier alpha value is -2.58. The van der Waals surface area contributed by atoms with Crippen LogP contribution in [0.25, 0.3) is 0 Å². The van der Waals surface area contributed by atoms with Gasteiger partial charge in [0.2, 0.25) is 10.0 Å². The smallest absolute Gasteiger partial charge is 0.240 e. The summed E-state index contributed by atoms with van der Waals surface area (Å²) in [7, 11) is -2.04. The van der Waals surface area contributed by atoms with Crippen molar-refractivity contribution in [3.8, 4) is 5.75 Å². The van der Waals surface area contributed by atoms with E-state index in [1.165, 1.54) is 7.05 Å². The molecule has 0 radical (unpaired) electrons. The second kappa shape index (κ2) is 10.4. The number of nitrogens with zero attached hydrogens (tertiary/aromatic N) is 1. The average Bonchev–Trinajstić information content (AvgIpc) is 2.70. The first-order valence-electron chi connectivity index (χ1n) is 9.96. The molecule has 0 fully saturated rings. The molecule has 0 aliphatic rings. The molecule has 0 heterocycles. The quantitative estimate of drug-likeness (QED) is 0.441. The Morgan fingerprint density at radius 1 is 1.03 bits per heavy atom. The molecule has 2 aromatic rings. The highest BCUT2D eigenvalue weighted by molar-refractivity contribution is 7.89. The molecule has 2 rings (SSSR count). The average molecular weight is 433 g/mol. The molecule has 0 aliphatic carbocycles. The summed E-state index contributed by atoms with van der Waals surface area (Å²) in [5.41, 5.74) is 1.68. The summed E-state index contributed by atoms with van der Waals surface area (Å²) in [4.78, 5) is 4.84. The van der Waals surface area contributed by atoms with Crippen LogP contribution < -0.4 is 20.1 Å². The van der Waals surface area contributed by atoms with E-state index in [2.05, 4.69) is 20.3 Å². The zero-order chi connectivity index (χ0) is 22.2. The second-order valence-corrected chi connectivity index (χ2v) is 9.61. The third-order valence-corrected chi connectivity index (χ3v) is 5.53. The van der Waals surface area contributed by atoms with Gasteiger partial charge in [0, 0.05) is 18.7 Å². The van der Waals surface area contributed by atoms with Gasteiger partial charge in [0.15, 0.2) is 5.96 Å². The first-order valence-corrected chi connectivity index (χ1v) is 11.4. The molecule has 0 saturated carbocycles. The van der Waals surface area contributed by atoms with E-state index in [0.29, 0.717) is 19.0 Å². The molecule has 0 amide bonds. The molecular weight excluding hydrogens is 400 g/mol. The zero-order valence-corrected chi connectivity index (χ0v) is 19.1. The number of aliphatic imine (C=N–C) groups is 1. The van der Waals surface area contributed by atoms with E-state index in [-0.39, 0.29) is 10.5 Å². The van der Waals surface area contributed by atoms with E-state index in [4.69, 9.17) is 4.74 Å². The van der Waals surface area contributed by atoms with Crippen molar-refractivity contribution in [2.24, 2.45) is 4.99 Å². The van der Waals surface area contributed by atoms with Crippen LogP contribution in [0.3, 0.4) is 0 Å². The van der Waals surface area contributed by atoms with E-state index in [1.54, 1.807) is 24.3 Å². The normalized spacial score (nSPS) is 12.5. The molecule has 0 unspecified atom stereocenters. The number of nitrogens with one attached hydrogen (secondary N) is 3. The summed E-state index contributed by atoms with van der Waals surface area (Å²) in [6.07, 6.45) is 0. The Bertz CT molecular complexity index is 949. The number of hydrogen-bond donors (Lipinski definition) is 3. The van der Waals surface area contributed by atoms with Crippen LogP contribution in [0.15, 0.2) is 58.4 Å². The molecule has 0 atom stereocenters. The van der Waals surface area contributed by atoms with Crippen LogP contribution in [0.2, 0.25) is 0 Å². The van der Waals surface area contributed by atoms with Crippen molar-refractivity contribution in [3.05, 3.63) is 59.7 Å². The molecule has 30 heavy (non-hydrogen) atoms. The van der Waals surface area contributed by atoms with Crippen LogP contribution in [0, 0.1) is 0 Å². The monoisotopic (exact) mass is 432 g/mol. The first-order chi connectivity index (χ1) is 14.1. The minimum atomic E-state index is -3.43. The lowest BCUT2D eigenvalue weighted by Gasteiger charge is -2.23. The number of guanidine groups is 1. The molecule has 0 aliphatic heterocycles. The predicted molar refractivity (Wildman–Crippen MR) is 121 cm³/mol. The van der Waals surface area contributed by atoms with Gasteiger partial charge in [0.1, 0.15) is 11.4 Å². The molecule has 2 aromatic carbocycles. The van der Waals surface area contributed by atoms with Crippen molar-refractivity contribution >= 4 is 16.0 Å². The van der Waals surface area contributed by atoms with Crippen LogP contribution in [-0.2, 0) is 23.1 Å². The summed E-state index contributed by atoms with van der Waals surface area (Å²) in [5, 5.41) is 6.56. The molecule has 0 bridgehead atoms. The summed E-state index contributed by atoms with van der Waals surface area (Å²) in [6.45, 7) is 9.80. The van der Waals surface area contributed by atoms with Gasteiger partial charge in [-0.05, 0) is 58.5 Å². The standard InChI is InChI=1S/C22H32N4O3S/c1-6-24-21(25-15-17-11-13-19(14-12-17)30(27,28)23-5)26-16-18-9-7-8-10-20(18)29-22(2,3)4/h7-14,23H,6,15-16H2,1-5H3,(H2,24,25,26). The Morgan fingerprint density at radius 3 is 2.30 bits per heavy atom. The molecule has 7 nitrogen and oxygen atoms in total. The molecule has 0 aromatic heterocycles. The van der Waals surface area contributed by atoms with Crippen LogP contribution in [0.5, 0.6) is 5.75 Å². The lowest BCUT2D eigenvalue weighted by molar-refractivity contribution is 0.129. The summed E-state index contributed by atoms with van der Waals surface area (Å²) >= 11 is 0. The fraction of sp³-hybridized carbons (Fsp3) is 0.409. The van der Waals surface area contributed by atoms with Gasteiger partial charge in [-0.1, -0.05) is 30.3 Å². The van der Waals surface area contributed by atoms with E-state index in [0.717, 1.165) is 23.4 Å². The lowest BCUT2D eigenvalue weighted by atomic mass is 10.1. The highest BCUT2D eigenvalue weighted by atomic mass is 32.2. The second-order valence-electron chi connectivity index (χ2n) is 7.72. The lowest BCUT2D eigenvalue weighted by Crippen LogP contribution is -2.37. The third kappa shape index (κ3) is 7.35. The number of ether oxygens (including phenoxy) is 1. The van der Waals surface area contributed by atoms with Crippen LogP contribution in [0.1, 0.15) is 38.8 Å². The molecule has 164 valence electrons. The van der Waals surface area contributed by atoms with E-state index in [1.807, 2.05) is 52.0 Å². The van der Waals surface area contributed by atoms with Gasteiger partial charge in [-0.25, -0.2) is 18.1 Å². The fourth-order valence-electron chi connectivity index (χ4n) is 2.66. The number of hydrogen-bond acceptors (Lipinski definition) is 4. The van der Waals surface area contributed by atoms with E-state index in [9.17, 15) is 8.42 Å². The fourth-order valence-corrected chi connectivity index (χ4v) is 3.39. The maximum absolute atomic E-state index is 11.8. The minimum Gasteiger partial charge on any atom is -0.488 e. The summed E-state index contributed by atoms with van der Waals surface area (Å²) in [5.74, 6) is 1.52. The first kappa shape index (κ1) is 23.7. The molecule has 0 saturated heterocycles. The maximum Gasteiger partial charge on any atom is 0.240 e. The third-order valence-electron chi connectivity index (χ3n) is 4.10. The van der Waals surface area contributed by atoms with Crippen molar-refractivity contribution in [1.29, 1.82) is 0 Å². The van der Waals surface area contributed by atoms with Gasteiger partial charge in [-0.3, -0.25) is 0 Å². The Balaban J connectivity index is 2.07. The van der Waals surface area contributed by atoms with E-state index >= 15 is 0 Å². The molecular formula is C22H32N4O3S. The van der Waals surface area contributed by atoms with Crippen molar-refractivity contribution < 1.29 is 13.2 Å².